The Kier molecular flexibility index (Phi) is 4.50. The summed E-state index contributed by atoms with van der Waals surface area (Å²) in [6, 6.07) is 6.09. The Hall–Kier alpha value is -2.80. The van der Waals surface area contributed by atoms with E-state index in [9.17, 15) is 18.4 Å². The van der Waals surface area contributed by atoms with Gasteiger partial charge in [-0.1, -0.05) is 17.7 Å². The number of halogens is 3. The molecule has 128 valence electrons. The minimum Gasteiger partial charge on any atom is -0.456 e. The molecule has 0 saturated heterocycles. The molecule has 3 rings (SSSR count). The fourth-order valence-corrected chi connectivity index (χ4v) is 2.51. The van der Waals surface area contributed by atoms with Crippen LogP contribution in [0.3, 0.4) is 0 Å². The van der Waals surface area contributed by atoms with Crippen molar-refractivity contribution in [2.75, 3.05) is 0 Å². The molecule has 3 aromatic rings. The Morgan fingerprint density at radius 2 is 2.00 bits per heavy atom. The molecule has 0 radical (unpaired) electrons. The van der Waals surface area contributed by atoms with Crippen LogP contribution in [0.5, 0.6) is 0 Å². The predicted octanol–water partition coefficient (Wildman–Crippen LogP) is 3.29. The zero-order valence-electron chi connectivity index (χ0n) is 12.9. The Labute approximate surface area is 145 Å². The van der Waals surface area contributed by atoms with Crippen molar-refractivity contribution in [1.29, 1.82) is 0 Å². The first-order valence-electron chi connectivity index (χ1n) is 7.16. The first kappa shape index (κ1) is 17.0. The van der Waals surface area contributed by atoms with Crippen LogP contribution in [0.25, 0.3) is 5.65 Å². The molecule has 0 bridgehead atoms. The number of pyridine rings is 1. The highest BCUT2D eigenvalue weighted by molar-refractivity contribution is 6.33. The maximum Gasteiger partial charge on any atom is 0.340 e. The number of fused-ring (bicyclic) bond motifs is 1. The molecule has 0 unspecified atom stereocenters. The summed E-state index contributed by atoms with van der Waals surface area (Å²) >= 11 is 5.73. The normalized spacial score (nSPS) is 10.9. The molecule has 8 heteroatoms. The molecular weight excluding hydrogens is 354 g/mol. The number of rotatable bonds is 3. The summed E-state index contributed by atoms with van der Waals surface area (Å²) in [6.45, 7) is 1.48. The second-order valence-electron chi connectivity index (χ2n) is 5.29. The van der Waals surface area contributed by atoms with Gasteiger partial charge in [0.15, 0.2) is 11.6 Å². The highest BCUT2D eigenvalue weighted by Crippen LogP contribution is 2.21. The lowest BCUT2D eigenvalue weighted by atomic mass is 10.2. The van der Waals surface area contributed by atoms with Crippen LogP contribution in [0.4, 0.5) is 8.78 Å². The molecule has 25 heavy (non-hydrogen) atoms. The van der Waals surface area contributed by atoms with Gasteiger partial charge in [0.05, 0.1) is 16.3 Å². The van der Waals surface area contributed by atoms with Crippen LogP contribution >= 0.6 is 11.6 Å². The SMILES string of the molecule is Cc1cccn2c(=O)cc(COC(=O)c3cc(F)c(F)cc3Cl)nc12. The van der Waals surface area contributed by atoms with Crippen LogP contribution in [0.2, 0.25) is 5.02 Å². The molecule has 0 saturated carbocycles. The van der Waals surface area contributed by atoms with Gasteiger partial charge in [-0.15, -0.1) is 0 Å². The molecule has 0 aliphatic rings. The van der Waals surface area contributed by atoms with Crippen LogP contribution in [0.1, 0.15) is 21.6 Å². The van der Waals surface area contributed by atoms with Gasteiger partial charge >= 0.3 is 5.97 Å². The molecule has 0 spiro atoms. The number of hydrogen-bond acceptors (Lipinski definition) is 4. The van der Waals surface area contributed by atoms with Gasteiger partial charge in [-0.2, -0.15) is 0 Å². The van der Waals surface area contributed by atoms with Crippen LogP contribution in [0.15, 0.2) is 41.3 Å². The molecule has 2 aromatic heterocycles. The standard InChI is InChI=1S/C17H11ClF2N2O3/c1-9-3-2-4-22-15(23)5-10(21-16(9)22)8-25-17(24)11-6-13(19)14(20)7-12(11)18/h2-7H,8H2,1H3. The summed E-state index contributed by atoms with van der Waals surface area (Å²) in [4.78, 5) is 28.4. The second-order valence-corrected chi connectivity index (χ2v) is 5.70. The van der Waals surface area contributed by atoms with E-state index < -0.39 is 17.6 Å². The third kappa shape index (κ3) is 3.36. The Bertz CT molecular complexity index is 1050. The van der Waals surface area contributed by atoms with Gasteiger partial charge in [-0.3, -0.25) is 9.20 Å². The topological polar surface area (TPSA) is 60.7 Å². The second kappa shape index (κ2) is 6.60. The molecule has 5 nitrogen and oxygen atoms in total. The minimum atomic E-state index is -1.21. The highest BCUT2D eigenvalue weighted by atomic mass is 35.5. The number of benzene rings is 1. The van der Waals surface area contributed by atoms with Gasteiger partial charge in [0.1, 0.15) is 12.3 Å². The van der Waals surface area contributed by atoms with Crippen molar-refractivity contribution in [2.24, 2.45) is 0 Å². The number of carbonyl (C=O) groups is 1. The zero-order valence-corrected chi connectivity index (χ0v) is 13.7. The van der Waals surface area contributed by atoms with E-state index in [1.165, 1.54) is 10.5 Å². The lowest BCUT2D eigenvalue weighted by molar-refractivity contribution is 0.0467. The van der Waals surface area contributed by atoms with Gasteiger partial charge in [-0.25, -0.2) is 18.6 Å². The molecule has 0 amide bonds. The minimum absolute atomic E-state index is 0.228. The maximum atomic E-state index is 13.3. The molecule has 0 fully saturated rings. The fraction of sp³-hybridized carbons (Fsp3) is 0.118. The molecule has 0 aliphatic carbocycles. The molecule has 0 aliphatic heterocycles. The van der Waals surface area contributed by atoms with Gasteiger partial charge in [0.25, 0.3) is 5.56 Å². The van der Waals surface area contributed by atoms with Crippen LogP contribution < -0.4 is 5.56 Å². The zero-order chi connectivity index (χ0) is 18.1. The van der Waals surface area contributed by atoms with E-state index in [0.29, 0.717) is 17.8 Å². The van der Waals surface area contributed by atoms with Crippen molar-refractivity contribution in [1.82, 2.24) is 9.38 Å². The number of ether oxygens (including phenoxy) is 1. The highest BCUT2D eigenvalue weighted by Gasteiger charge is 2.17. The fourth-order valence-electron chi connectivity index (χ4n) is 2.28. The number of nitrogens with zero attached hydrogens (tertiary/aromatic N) is 2. The predicted molar refractivity (Wildman–Crippen MR) is 86.7 cm³/mol. The van der Waals surface area contributed by atoms with Crippen molar-refractivity contribution in [3.05, 3.63) is 80.4 Å². The third-order valence-corrected chi connectivity index (χ3v) is 3.83. The van der Waals surface area contributed by atoms with E-state index in [-0.39, 0.29) is 28.4 Å². The summed E-state index contributed by atoms with van der Waals surface area (Å²) in [5.41, 5.74) is 0.801. The molecular formula is C17H11ClF2N2O3. The molecule has 1 aromatic carbocycles. The van der Waals surface area contributed by atoms with E-state index in [2.05, 4.69) is 4.98 Å². The number of carbonyl (C=O) groups excluding carboxylic acids is 1. The quantitative estimate of drug-likeness (QED) is 0.528. The smallest absolute Gasteiger partial charge is 0.340 e. The number of esters is 1. The van der Waals surface area contributed by atoms with E-state index in [0.717, 1.165) is 5.56 Å². The Balaban J connectivity index is 1.86. The van der Waals surface area contributed by atoms with Crippen molar-refractivity contribution >= 4 is 23.2 Å². The molecule has 0 atom stereocenters. The lowest BCUT2D eigenvalue weighted by Crippen LogP contribution is -2.17. The van der Waals surface area contributed by atoms with Crippen molar-refractivity contribution in [2.45, 2.75) is 13.5 Å². The van der Waals surface area contributed by atoms with Gasteiger partial charge in [-0.05, 0) is 30.7 Å². The number of hydrogen-bond donors (Lipinski definition) is 0. The van der Waals surface area contributed by atoms with E-state index in [4.69, 9.17) is 16.3 Å². The van der Waals surface area contributed by atoms with Gasteiger partial charge in [0.2, 0.25) is 0 Å². The maximum absolute atomic E-state index is 13.3. The van der Waals surface area contributed by atoms with E-state index in [1.807, 2.05) is 0 Å². The summed E-state index contributed by atoms with van der Waals surface area (Å²) in [5, 5.41) is -0.272. The largest absolute Gasteiger partial charge is 0.456 e. The number of aryl methyl sites for hydroxylation is 1. The first-order valence-corrected chi connectivity index (χ1v) is 7.54. The molecule has 2 heterocycles. The monoisotopic (exact) mass is 364 g/mol. The van der Waals surface area contributed by atoms with Crippen LogP contribution in [-0.4, -0.2) is 15.4 Å². The summed E-state index contributed by atoms with van der Waals surface area (Å²) in [5.74, 6) is -3.33. The summed E-state index contributed by atoms with van der Waals surface area (Å²) < 4.78 is 32.7. The number of aromatic nitrogens is 2. The average molecular weight is 365 g/mol. The van der Waals surface area contributed by atoms with Crippen LogP contribution in [-0.2, 0) is 11.3 Å². The Morgan fingerprint density at radius 3 is 2.76 bits per heavy atom. The first-order chi connectivity index (χ1) is 11.9. The summed E-state index contributed by atoms with van der Waals surface area (Å²) in [7, 11) is 0. The van der Waals surface area contributed by atoms with E-state index in [1.54, 1.807) is 25.3 Å². The third-order valence-electron chi connectivity index (χ3n) is 3.52. The van der Waals surface area contributed by atoms with Gasteiger partial charge in [0, 0.05) is 12.3 Å². The van der Waals surface area contributed by atoms with Crippen molar-refractivity contribution < 1.29 is 18.3 Å². The summed E-state index contributed by atoms with van der Waals surface area (Å²) in [6.07, 6.45) is 1.58. The average Bonchev–Trinajstić information content (AvgIpc) is 2.57. The van der Waals surface area contributed by atoms with Crippen molar-refractivity contribution in [3.63, 3.8) is 0 Å². The van der Waals surface area contributed by atoms with Gasteiger partial charge < -0.3 is 4.74 Å². The van der Waals surface area contributed by atoms with E-state index >= 15 is 0 Å². The lowest BCUT2D eigenvalue weighted by Gasteiger charge is -2.08. The van der Waals surface area contributed by atoms with Crippen molar-refractivity contribution in [3.8, 4) is 0 Å². The Morgan fingerprint density at radius 1 is 1.28 bits per heavy atom. The van der Waals surface area contributed by atoms with Crippen LogP contribution in [0, 0.1) is 18.6 Å². The molecule has 0 N–H and O–H groups in total.